The Kier molecular flexibility index (Phi) is 5.23. The molecular weight excluding hydrogens is 216 g/mol. The molecule has 0 aromatic heterocycles. The summed E-state index contributed by atoms with van der Waals surface area (Å²) < 4.78 is 5.54. The average molecular weight is 234 g/mol. The maximum absolute atomic E-state index is 10.6. The van der Waals surface area contributed by atoms with E-state index in [-0.39, 0.29) is 0 Å². The molecule has 0 radical (unpaired) electrons. The first-order chi connectivity index (χ1) is 8.08. The van der Waals surface area contributed by atoms with Crippen molar-refractivity contribution in [3.8, 4) is 5.75 Å². The Hall–Kier alpha value is -1.81. The summed E-state index contributed by atoms with van der Waals surface area (Å²) in [4.78, 5) is 12.6. The number of likely N-dealkylation sites (N-methyl/N-ethyl adjacent to an activating group) is 1. The zero-order valence-corrected chi connectivity index (χ0v) is 10.2. The van der Waals surface area contributed by atoms with Crippen molar-refractivity contribution in [3.05, 3.63) is 35.9 Å². The standard InChI is InChI=1S/C13H18N2O2/c1-15(2)9-10-17-12-6-3-11(4-7-12)5-8-13(14)16/h3-8H,9-10H2,1-2H3,(H2,14,16)/b8-5+. The van der Waals surface area contributed by atoms with E-state index in [4.69, 9.17) is 10.5 Å². The molecule has 0 saturated heterocycles. The molecular formula is C13H18N2O2. The van der Waals surface area contributed by atoms with Crippen LogP contribution in [0.25, 0.3) is 6.08 Å². The third-order valence-electron chi connectivity index (χ3n) is 2.13. The van der Waals surface area contributed by atoms with Crippen LogP contribution in [0.3, 0.4) is 0 Å². The van der Waals surface area contributed by atoms with Crippen LogP contribution in [0.2, 0.25) is 0 Å². The smallest absolute Gasteiger partial charge is 0.241 e. The fourth-order valence-electron chi connectivity index (χ4n) is 1.20. The minimum absolute atomic E-state index is 0.448. The highest BCUT2D eigenvalue weighted by atomic mass is 16.5. The number of rotatable bonds is 6. The maximum Gasteiger partial charge on any atom is 0.241 e. The van der Waals surface area contributed by atoms with Gasteiger partial charge in [0.25, 0.3) is 0 Å². The number of hydrogen-bond donors (Lipinski definition) is 1. The van der Waals surface area contributed by atoms with Crippen LogP contribution in [0.5, 0.6) is 5.75 Å². The molecule has 0 saturated carbocycles. The lowest BCUT2D eigenvalue weighted by Gasteiger charge is -2.10. The molecule has 4 heteroatoms. The van der Waals surface area contributed by atoms with Crippen molar-refractivity contribution in [1.29, 1.82) is 0 Å². The summed E-state index contributed by atoms with van der Waals surface area (Å²) in [6.45, 7) is 1.53. The van der Waals surface area contributed by atoms with Crippen LogP contribution >= 0.6 is 0 Å². The highest BCUT2D eigenvalue weighted by Gasteiger charge is 1.95. The molecule has 0 heterocycles. The van der Waals surface area contributed by atoms with Gasteiger partial charge in [0, 0.05) is 12.6 Å². The fourth-order valence-corrected chi connectivity index (χ4v) is 1.20. The number of primary amides is 1. The van der Waals surface area contributed by atoms with Gasteiger partial charge in [-0.25, -0.2) is 0 Å². The van der Waals surface area contributed by atoms with Gasteiger partial charge < -0.3 is 15.4 Å². The second kappa shape index (κ2) is 6.70. The first kappa shape index (κ1) is 13.3. The molecule has 0 atom stereocenters. The Bertz CT molecular complexity index is 383. The van der Waals surface area contributed by atoms with E-state index in [1.165, 1.54) is 6.08 Å². The van der Waals surface area contributed by atoms with E-state index in [1.54, 1.807) is 6.08 Å². The second-order valence-electron chi connectivity index (χ2n) is 3.96. The van der Waals surface area contributed by atoms with Crippen molar-refractivity contribution < 1.29 is 9.53 Å². The topological polar surface area (TPSA) is 55.6 Å². The van der Waals surface area contributed by atoms with Gasteiger partial charge in [-0.15, -0.1) is 0 Å². The summed E-state index contributed by atoms with van der Waals surface area (Å²) >= 11 is 0. The molecule has 92 valence electrons. The highest BCUT2D eigenvalue weighted by molar-refractivity contribution is 5.90. The number of nitrogens with zero attached hydrogens (tertiary/aromatic N) is 1. The van der Waals surface area contributed by atoms with E-state index in [1.807, 2.05) is 38.4 Å². The highest BCUT2D eigenvalue weighted by Crippen LogP contribution is 2.12. The summed E-state index contributed by atoms with van der Waals surface area (Å²) in [5.41, 5.74) is 5.93. The molecule has 1 amide bonds. The van der Waals surface area contributed by atoms with Gasteiger partial charge in [0.15, 0.2) is 0 Å². The van der Waals surface area contributed by atoms with Crippen molar-refractivity contribution in [2.45, 2.75) is 0 Å². The van der Waals surface area contributed by atoms with E-state index in [9.17, 15) is 4.79 Å². The number of ether oxygens (including phenoxy) is 1. The molecule has 0 aliphatic rings. The van der Waals surface area contributed by atoms with E-state index in [0.717, 1.165) is 17.9 Å². The van der Waals surface area contributed by atoms with E-state index >= 15 is 0 Å². The Labute approximate surface area is 102 Å². The normalized spacial score (nSPS) is 11.0. The minimum atomic E-state index is -0.448. The van der Waals surface area contributed by atoms with Crippen molar-refractivity contribution in [3.63, 3.8) is 0 Å². The fraction of sp³-hybridized carbons (Fsp3) is 0.308. The van der Waals surface area contributed by atoms with Gasteiger partial charge in [0.05, 0.1) is 0 Å². The lowest BCUT2D eigenvalue weighted by atomic mass is 10.2. The van der Waals surface area contributed by atoms with E-state index in [2.05, 4.69) is 4.90 Å². The SMILES string of the molecule is CN(C)CCOc1ccc(/C=C/C(N)=O)cc1. The van der Waals surface area contributed by atoms with Crippen LogP contribution in [-0.4, -0.2) is 38.1 Å². The first-order valence-corrected chi connectivity index (χ1v) is 5.43. The average Bonchev–Trinajstić information content (AvgIpc) is 2.27. The van der Waals surface area contributed by atoms with Gasteiger partial charge in [-0.2, -0.15) is 0 Å². The minimum Gasteiger partial charge on any atom is -0.492 e. The van der Waals surface area contributed by atoms with Gasteiger partial charge in [-0.1, -0.05) is 12.1 Å². The Morgan fingerprint density at radius 3 is 2.53 bits per heavy atom. The largest absolute Gasteiger partial charge is 0.492 e. The molecule has 1 rings (SSSR count). The molecule has 1 aromatic rings. The number of carbonyl (C=O) groups is 1. The Morgan fingerprint density at radius 2 is 2.00 bits per heavy atom. The predicted octanol–water partition coefficient (Wildman–Crippen LogP) is 1.13. The van der Waals surface area contributed by atoms with Crippen molar-refractivity contribution in [1.82, 2.24) is 4.90 Å². The predicted molar refractivity (Wildman–Crippen MR) is 68.7 cm³/mol. The number of carbonyl (C=O) groups excluding carboxylic acids is 1. The van der Waals surface area contributed by atoms with Gasteiger partial charge in [-0.05, 0) is 37.9 Å². The van der Waals surface area contributed by atoms with Crippen LogP contribution in [0.1, 0.15) is 5.56 Å². The van der Waals surface area contributed by atoms with Crippen LogP contribution < -0.4 is 10.5 Å². The molecule has 0 fully saturated rings. The monoisotopic (exact) mass is 234 g/mol. The summed E-state index contributed by atoms with van der Waals surface area (Å²) in [6.07, 6.45) is 3.01. The van der Waals surface area contributed by atoms with Crippen molar-refractivity contribution >= 4 is 12.0 Å². The summed E-state index contributed by atoms with van der Waals surface area (Å²) in [5, 5.41) is 0. The molecule has 2 N–H and O–H groups in total. The van der Waals surface area contributed by atoms with Crippen LogP contribution in [0.4, 0.5) is 0 Å². The molecule has 0 unspecified atom stereocenters. The lowest BCUT2D eigenvalue weighted by Crippen LogP contribution is -2.19. The molecule has 4 nitrogen and oxygen atoms in total. The maximum atomic E-state index is 10.6. The van der Waals surface area contributed by atoms with Crippen molar-refractivity contribution in [2.24, 2.45) is 5.73 Å². The first-order valence-electron chi connectivity index (χ1n) is 5.43. The van der Waals surface area contributed by atoms with Crippen LogP contribution in [0.15, 0.2) is 30.3 Å². The quantitative estimate of drug-likeness (QED) is 0.751. The summed E-state index contributed by atoms with van der Waals surface area (Å²) in [5.74, 6) is 0.374. The number of nitrogens with two attached hydrogens (primary N) is 1. The number of benzene rings is 1. The summed E-state index contributed by atoms with van der Waals surface area (Å²) in [7, 11) is 4.00. The molecule has 0 aliphatic heterocycles. The van der Waals surface area contributed by atoms with Gasteiger partial charge in [-0.3, -0.25) is 4.79 Å². The van der Waals surface area contributed by atoms with Gasteiger partial charge in [0.2, 0.25) is 5.91 Å². The van der Waals surface area contributed by atoms with Crippen molar-refractivity contribution in [2.75, 3.05) is 27.2 Å². The Morgan fingerprint density at radius 1 is 1.35 bits per heavy atom. The lowest BCUT2D eigenvalue weighted by molar-refractivity contribution is -0.113. The number of amides is 1. The summed E-state index contributed by atoms with van der Waals surface area (Å²) in [6, 6.07) is 7.50. The van der Waals surface area contributed by atoms with E-state index in [0.29, 0.717) is 6.61 Å². The third-order valence-corrected chi connectivity index (χ3v) is 2.13. The van der Waals surface area contributed by atoms with E-state index < -0.39 is 5.91 Å². The molecule has 1 aromatic carbocycles. The Balaban J connectivity index is 2.47. The molecule has 0 spiro atoms. The second-order valence-corrected chi connectivity index (χ2v) is 3.96. The molecule has 0 bridgehead atoms. The van der Waals surface area contributed by atoms with Gasteiger partial charge >= 0.3 is 0 Å². The third kappa shape index (κ3) is 5.73. The number of hydrogen-bond acceptors (Lipinski definition) is 3. The zero-order valence-electron chi connectivity index (χ0n) is 10.2. The van der Waals surface area contributed by atoms with Gasteiger partial charge in [0.1, 0.15) is 12.4 Å². The molecule has 0 aliphatic carbocycles. The van der Waals surface area contributed by atoms with Crippen LogP contribution in [0, 0.1) is 0 Å². The zero-order chi connectivity index (χ0) is 12.7. The van der Waals surface area contributed by atoms with Crippen LogP contribution in [-0.2, 0) is 4.79 Å². The molecule has 17 heavy (non-hydrogen) atoms.